The second kappa shape index (κ2) is 6.17. The summed E-state index contributed by atoms with van der Waals surface area (Å²) in [7, 11) is 0. The van der Waals surface area contributed by atoms with Crippen LogP contribution >= 0.6 is 11.6 Å². The third-order valence-corrected chi connectivity index (χ3v) is 2.74. The number of nitrogens with zero attached hydrogens (tertiary/aromatic N) is 3. The van der Waals surface area contributed by atoms with E-state index in [2.05, 4.69) is 20.7 Å². The van der Waals surface area contributed by atoms with Crippen molar-refractivity contribution >= 4 is 23.3 Å². The lowest BCUT2D eigenvalue weighted by Gasteiger charge is -2.07. The molecule has 0 atom stereocenters. The first-order chi connectivity index (χ1) is 9.20. The fraction of sp³-hybridized carbons (Fsp3) is 0.182. The number of halogens is 1. The Morgan fingerprint density at radius 3 is 3.00 bits per heavy atom. The molecule has 0 spiro atoms. The number of hydrogen-bond donors (Lipinski definition) is 3. The van der Waals surface area contributed by atoms with E-state index < -0.39 is 0 Å². The number of rotatable bonds is 5. The molecule has 0 aliphatic carbocycles. The Morgan fingerprint density at radius 1 is 1.53 bits per heavy atom. The van der Waals surface area contributed by atoms with E-state index in [-0.39, 0.29) is 5.91 Å². The molecule has 0 aliphatic heterocycles. The number of aromatic nitrogens is 3. The summed E-state index contributed by atoms with van der Waals surface area (Å²) in [6.07, 6.45) is 6.61. The highest BCUT2D eigenvalue weighted by atomic mass is 35.5. The van der Waals surface area contributed by atoms with Crippen LogP contribution in [0.3, 0.4) is 0 Å². The highest BCUT2D eigenvalue weighted by molar-refractivity contribution is 6.33. The molecule has 8 heteroatoms. The zero-order valence-electron chi connectivity index (χ0n) is 10.0. The number of nitrogens with two attached hydrogens (primary N) is 1. The summed E-state index contributed by atoms with van der Waals surface area (Å²) < 4.78 is 1.87. The molecule has 0 saturated carbocycles. The molecule has 0 aromatic carbocycles. The average molecular weight is 281 g/mol. The Bertz CT molecular complexity index is 556. The smallest absolute Gasteiger partial charge is 0.252 e. The van der Waals surface area contributed by atoms with Crippen molar-refractivity contribution in [2.75, 3.05) is 12.0 Å². The molecule has 0 saturated heterocycles. The zero-order chi connectivity index (χ0) is 13.7. The summed E-state index contributed by atoms with van der Waals surface area (Å²) in [5.41, 5.74) is 2.72. The van der Waals surface area contributed by atoms with E-state index in [4.69, 9.17) is 17.4 Å². The van der Waals surface area contributed by atoms with Gasteiger partial charge >= 0.3 is 0 Å². The number of carbonyl (C=O) groups is 1. The molecule has 0 aliphatic rings. The molecular formula is C11H13ClN6O. The van der Waals surface area contributed by atoms with Gasteiger partial charge in [-0.1, -0.05) is 11.6 Å². The van der Waals surface area contributed by atoms with Crippen molar-refractivity contribution in [2.24, 2.45) is 5.84 Å². The van der Waals surface area contributed by atoms with Crippen LogP contribution in [-0.2, 0) is 6.54 Å². The second-order valence-electron chi connectivity index (χ2n) is 3.76. The van der Waals surface area contributed by atoms with Crippen LogP contribution in [0.25, 0.3) is 0 Å². The summed E-state index contributed by atoms with van der Waals surface area (Å²) in [5, 5.41) is 3.06. The Hall–Kier alpha value is -2.12. The number of imidazole rings is 1. The van der Waals surface area contributed by atoms with E-state index in [1.54, 1.807) is 12.5 Å². The molecule has 2 aromatic rings. The van der Waals surface area contributed by atoms with E-state index >= 15 is 0 Å². The molecule has 100 valence electrons. The lowest BCUT2D eigenvalue weighted by molar-refractivity contribution is 0.0952. The van der Waals surface area contributed by atoms with E-state index in [1.807, 2.05) is 10.8 Å². The Kier molecular flexibility index (Phi) is 4.32. The minimum absolute atomic E-state index is 0.238. The van der Waals surface area contributed by atoms with Crippen molar-refractivity contribution in [1.82, 2.24) is 19.9 Å². The van der Waals surface area contributed by atoms with Crippen LogP contribution in [0.1, 0.15) is 10.4 Å². The van der Waals surface area contributed by atoms with Gasteiger partial charge in [0.05, 0.1) is 16.9 Å². The first-order valence-corrected chi connectivity index (χ1v) is 5.94. The molecule has 0 radical (unpaired) electrons. The molecule has 2 rings (SSSR count). The fourth-order valence-corrected chi connectivity index (χ4v) is 1.71. The second-order valence-corrected chi connectivity index (χ2v) is 4.16. The molecule has 0 unspecified atom stereocenters. The predicted octanol–water partition coefficient (Wildman–Crippen LogP) is 0.647. The van der Waals surface area contributed by atoms with Gasteiger partial charge in [0.1, 0.15) is 0 Å². The van der Waals surface area contributed by atoms with Crippen LogP contribution < -0.4 is 16.6 Å². The van der Waals surface area contributed by atoms with E-state index in [1.165, 1.54) is 12.3 Å². The van der Waals surface area contributed by atoms with Gasteiger partial charge in [0.2, 0.25) is 0 Å². The quantitative estimate of drug-likeness (QED) is 0.552. The van der Waals surface area contributed by atoms with Crippen molar-refractivity contribution in [2.45, 2.75) is 6.54 Å². The number of pyridine rings is 1. The number of carbonyl (C=O) groups excluding carboxylic acids is 1. The van der Waals surface area contributed by atoms with E-state index in [9.17, 15) is 4.79 Å². The highest BCUT2D eigenvalue weighted by Gasteiger charge is 2.08. The molecule has 19 heavy (non-hydrogen) atoms. The lowest BCUT2D eigenvalue weighted by Crippen LogP contribution is -2.27. The van der Waals surface area contributed by atoms with Crippen LogP contribution in [0.15, 0.2) is 31.0 Å². The zero-order valence-corrected chi connectivity index (χ0v) is 10.8. The SMILES string of the molecule is NNc1ncc(C(=O)NCCn2ccnc2)cc1Cl. The summed E-state index contributed by atoms with van der Waals surface area (Å²) >= 11 is 5.89. The van der Waals surface area contributed by atoms with Gasteiger partial charge in [0.25, 0.3) is 5.91 Å². The van der Waals surface area contributed by atoms with Crippen LogP contribution in [0, 0.1) is 0 Å². The maximum atomic E-state index is 11.8. The molecule has 2 heterocycles. The van der Waals surface area contributed by atoms with E-state index in [0.717, 1.165) is 0 Å². The van der Waals surface area contributed by atoms with Gasteiger partial charge in [-0.15, -0.1) is 0 Å². The monoisotopic (exact) mass is 280 g/mol. The summed E-state index contributed by atoms with van der Waals surface area (Å²) in [5.74, 6) is 5.30. The Morgan fingerprint density at radius 2 is 2.37 bits per heavy atom. The van der Waals surface area contributed by atoms with Crippen molar-refractivity contribution in [1.29, 1.82) is 0 Å². The summed E-state index contributed by atoms with van der Waals surface area (Å²) in [6, 6.07) is 1.51. The van der Waals surface area contributed by atoms with Crippen LogP contribution in [0.4, 0.5) is 5.82 Å². The number of hydrazine groups is 1. The van der Waals surface area contributed by atoms with Crippen LogP contribution in [-0.4, -0.2) is 27.0 Å². The normalized spacial score (nSPS) is 10.2. The summed E-state index contributed by atoms with van der Waals surface area (Å²) in [4.78, 5) is 19.7. The lowest BCUT2D eigenvalue weighted by atomic mass is 10.2. The standard InChI is InChI=1S/C11H13ClN6O/c12-9-5-8(6-16-10(9)17-13)11(19)15-2-4-18-3-1-14-7-18/h1,3,5-7H,2,4,13H2,(H,15,19)(H,16,17). The van der Waals surface area contributed by atoms with Gasteiger partial charge in [0, 0.05) is 31.7 Å². The van der Waals surface area contributed by atoms with Gasteiger partial charge in [-0.2, -0.15) is 0 Å². The molecular weight excluding hydrogens is 268 g/mol. The van der Waals surface area contributed by atoms with Gasteiger partial charge < -0.3 is 15.3 Å². The minimum atomic E-state index is -0.238. The maximum Gasteiger partial charge on any atom is 0.252 e. The van der Waals surface area contributed by atoms with Gasteiger partial charge in [0.15, 0.2) is 5.82 Å². The molecule has 2 aromatic heterocycles. The first-order valence-electron chi connectivity index (χ1n) is 5.57. The fourth-order valence-electron chi connectivity index (χ4n) is 1.49. The van der Waals surface area contributed by atoms with Crippen molar-refractivity contribution in [3.8, 4) is 0 Å². The maximum absolute atomic E-state index is 11.8. The average Bonchev–Trinajstić information content (AvgIpc) is 2.91. The first kappa shape index (κ1) is 13.3. The minimum Gasteiger partial charge on any atom is -0.350 e. The number of hydrogen-bond acceptors (Lipinski definition) is 5. The van der Waals surface area contributed by atoms with Gasteiger partial charge in [-0.05, 0) is 6.07 Å². The Balaban J connectivity index is 1.91. The van der Waals surface area contributed by atoms with Crippen molar-refractivity contribution < 1.29 is 4.79 Å². The number of anilines is 1. The van der Waals surface area contributed by atoms with Crippen molar-refractivity contribution in [3.05, 3.63) is 41.6 Å². The molecule has 4 N–H and O–H groups in total. The third kappa shape index (κ3) is 3.43. The van der Waals surface area contributed by atoms with E-state index in [0.29, 0.717) is 29.5 Å². The van der Waals surface area contributed by atoms with Gasteiger partial charge in [-0.25, -0.2) is 15.8 Å². The van der Waals surface area contributed by atoms with Gasteiger partial charge in [-0.3, -0.25) is 4.79 Å². The predicted molar refractivity (Wildman–Crippen MR) is 71.6 cm³/mol. The topological polar surface area (TPSA) is 97.9 Å². The van der Waals surface area contributed by atoms with Crippen molar-refractivity contribution in [3.63, 3.8) is 0 Å². The van der Waals surface area contributed by atoms with Crippen LogP contribution in [0.5, 0.6) is 0 Å². The molecule has 7 nitrogen and oxygen atoms in total. The number of nitrogen functional groups attached to an aromatic ring is 1. The largest absolute Gasteiger partial charge is 0.350 e. The molecule has 1 amide bonds. The molecule has 0 bridgehead atoms. The Labute approximate surface area is 114 Å². The number of nitrogens with one attached hydrogen (secondary N) is 2. The highest BCUT2D eigenvalue weighted by Crippen LogP contribution is 2.18. The van der Waals surface area contributed by atoms with Crippen LogP contribution in [0.2, 0.25) is 5.02 Å². The third-order valence-electron chi connectivity index (χ3n) is 2.45. The summed E-state index contributed by atoms with van der Waals surface area (Å²) in [6.45, 7) is 1.14. The number of amides is 1. The molecule has 0 fully saturated rings.